The first-order chi connectivity index (χ1) is 10.6. The van der Waals surface area contributed by atoms with E-state index in [1.54, 1.807) is 35.6 Å². The normalized spacial score (nSPS) is 17.5. The lowest BCUT2D eigenvalue weighted by Crippen LogP contribution is -2.31. The molecule has 0 aromatic carbocycles. The Bertz CT molecular complexity index is 695. The van der Waals surface area contributed by atoms with Crippen molar-refractivity contribution in [1.29, 1.82) is 0 Å². The van der Waals surface area contributed by atoms with Crippen LogP contribution in [0.5, 0.6) is 5.88 Å². The number of carbonyl (C=O) groups is 1. The van der Waals surface area contributed by atoms with E-state index in [0.717, 1.165) is 10.9 Å². The molecule has 1 unspecified atom stereocenters. The van der Waals surface area contributed by atoms with Crippen LogP contribution in [0.15, 0.2) is 35.2 Å². The van der Waals surface area contributed by atoms with E-state index in [2.05, 4.69) is 30.9 Å². The summed E-state index contributed by atoms with van der Waals surface area (Å²) in [6.07, 6.45) is 5.65. The Morgan fingerprint density at radius 1 is 1.45 bits per heavy atom. The van der Waals surface area contributed by atoms with E-state index >= 15 is 0 Å². The monoisotopic (exact) mass is 362 g/mol. The number of halogens is 1. The van der Waals surface area contributed by atoms with Crippen LogP contribution in [0.4, 0.5) is 0 Å². The highest BCUT2D eigenvalue weighted by Gasteiger charge is 2.28. The molecule has 1 aliphatic heterocycles. The highest BCUT2D eigenvalue weighted by molar-refractivity contribution is 9.10. The van der Waals surface area contributed by atoms with E-state index in [1.807, 2.05) is 6.92 Å². The minimum Gasteiger partial charge on any atom is -0.472 e. The summed E-state index contributed by atoms with van der Waals surface area (Å²) >= 11 is 3.33. The summed E-state index contributed by atoms with van der Waals surface area (Å²) in [7, 11) is 0. The van der Waals surface area contributed by atoms with Crippen LogP contribution < -0.4 is 4.74 Å². The molecule has 2 aromatic heterocycles. The lowest BCUT2D eigenvalue weighted by Gasteiger charge is -2.17. The Kier molecular flexibility index (Phi) is 4.33. The van der Waals surface area contributed by atoms with Crippen molar-refractivity contribution in [2.45, 2.75) is 19.4 Å². The fraction of sp³-hybridized carbons (Fsp3) is 0.333. The van der Waals surface area contributed by atoms with Gasteiger partial charge in [0.1, 0.15) is 11.9 Å². The maximum Gasteiger partial charge on any atom is 0.255 e. The number of hydrogen-bond donors (Lipinski definition) is 0. The van der Waals surface area contributed by atoms with Crippen LogP contribution in [-0.2, 0) is 0 Å². The summed E-state index contributed by atoms with van der Waals surface area (Å²) in [5, 5.41) is 0. The van der Waals surface area contributed by atoms with Crippen molar-refractivity contribution in [2.24, 2.45) is 0 Å². The lowest BCUT2D eigenvalue weighted by molar-refractivity contribution is 0.0770. The van der Waals surface area contributed by atoms with Crippen LogP contribution in [0.3, 0.4) is 0 Å². The number of aromatic nitrogens is 3. The van der Waals surface area contributed by atoms with Crippen LogP contribution in [0.1, 0.15) is 22.6 Å². The van der Waals surface area contributed by atoms with Gasteiger partial charge in [0, 0.05) is 42.1 Å². The molecule has 0 N–H and O–H groups in total. The van der Waals surface area contributed by atoms with E-state index in [-0.39, 0.29) is 12.0 Å². The maximum atomic E-state index is 12.4. The Labute approximate surface area is 136 Å². The number of amides is 1. The summed E-state index contributed by atoms with van der Waals surface area (Å²) in [6, 6.07) is 3.51. The zero-order valence-corrected chi connectivity index (χ0v) is 13.7. The molecule has 1 fully saturated rings. The van der Waals surface area contributed by atoms with Crippen molar-refractivity contribution in [3.05, 3.63) is 46.6 Å². The molecule has 0 radical (unpaired) electrons. The number of ether oxygens (including phenoxy) is 1. The second-order valence-corrected chi connectivity index (χ2v) is 6.03. The van der Waals surface area contributed by atoms with Gasteiger partial charge in [-0.2, -0.15) is 4.98 Å². The van der Waals surface area contributed by atoms with Crippen molar-refractivity contribution >= 4 is 21.8 Å². The molecule has 1 aliphatic rings. The third-order valence-electron chi connectivity index (χ3n) is 3.42. The number of nitrogens with zero attached hydrogens (tertiary/aromatic N) is 4. The largest absolute Gasteiger partial charge is 0.472 e. The first-order valence-corrected chi connectivity index (χ1v) is 7.77. The van der Waals surface area contributed by atoms with E-state index in [0.29, 0.717) is 30.4 Å². The Hall–Kier alpha value is -2.02. The molecule has 3 heterocycles. The second-order valence-electron chi connectivity index (χ2n) is 5.11. The van der Waals surface area contributed by atoms with Crippen molar-refractivity contribution in [2.75, 3.05) is 13.1 Å². The molecular weight excluding hydrogens is 348 g/mol. The first kappa shape index (κ1) is 14.9. The molecular formula is C15H15BrN4O2. The molecule has 0 bridgehead atoms. The predicted molar refractivity (Wildman–Crippen MR) is 83.6 cm³/mol. The summed E-state index contributed by atoms with van der Waals surface area (Å²) in [5.41, 5.74) is 0.577. The van der Waals surface area contributed by atoms with Crippen LogP contribution in [0, 0.1) is 6.92 Å². The number of aryl methyl sites for hydroxylation is 1. The number of pyridine rings is 1. The fourth-order valence-corrected chi connectivity index (χ4v) is 2.76. The zero-order chi connectivity index (χ0) is 15.5. The van der Waals surface area contributed by atoms with E-state index in [4.69, 9.17) is 4.74 Å². The quantitative estimate of drug-likeness (QED) is 0.837. The van der Waals surface area contributed by atoms with Gasteiger partial charge in [0.25, 0.3) is 5.91 Å². The standard InChI is InChI=1S/C15H15BrN4O2/c1-10-18-4-2-14(19-10)22-13-3-5-20(9-13)15(21)11-6-12(16)8-17-7-11/h2,4,6-8,13H,3,5,9H2,1H3. The van der Waals surface area contributed by atoms with Crippen molar-refractivity contribution in [3.8, 4) is 5.88 Å². The molecule has 3 rings (SSSR count). The van der Waals surface area contributed by atoms with Gasteiger partial charge in [-0.1, -0.05) is 0 Å². The lowest BCUT2D eigenvalue weighted by atomic mass is 10.2. The molecule has 1 saturated heterocycles. The van der Waals surface area contributed by atoms with Crippen LogP contribution in [-0.4, -0.2) is 45.0 Å². The molecule has 6 nitrogen and oxygen atoms in total. The van der Waals surface area contributed by atoms with Gasteiger partial charge in [0.05, 0.1) is 12.1 Å². The van der Waals surface area contributed by atoms with Gasteiger partial charge in [-0.15, -0.1) is 0 Å². The Balaban J connectivity index is 1.63. The average Bonchev–Trinajstić information content (AvgIpc) is 2.95. The molecule has 0 saturated carbocycles. The third-order valence-corrected chi connectivity index (χ3v) is 3.86. The number of likely N-dealkylation sites (tertiary alicyclic amines) is 1. The van der Waals surface area contributed by atoms with Crippen LogP contribution in [0.2, 0.25) is 0 Å². The number of hydrogen-bond acceptors (Lipinski definition) is 5. The predicted octanol–water partition coefficient (Wildman–Crippen LogP) is 2.24. The highest BCUT2D eigenvalue weighted by atomic mass is 79.9. The van der Waals surface area contributed by atoms with Crippen molar-refractivity contribution < 1.29 is 9.53 Å². The van der Waals surface area contributed by atoms with Gasteiger partial charge in [0.15, 0.2) is 0 Å². The SMILES string of the molecule is Cc1nccc(OC2CCN(C(=O)c3cncc(Br)c3)C2)n1. The summed E-state index contributed by atoms with van der Waals surface area (Å²) in [5.74, 6) is 1.19. The molecule has 1 atom stereocenters. The highest BCUT2D eigenvalue weighted by Crippen LogP contribution is 2.19. The molecule has 7 heteroatoms. The minimum atomic E-state index is -0.0432. The third kappa shape index (κ3) is 3.41. The summed E-state index contributed by atoms with van der Waals surface area (Å²) < 4.78 is 6.62. The minimum absolute atomic E-state index is 0.0289. The molecule has 0 spiro atoms. The topological polar surface area (TPSA) is 68.2 Å². The molecule has 0 aliphatic carbocycles. The smallest absolute Gasteiger partial charge is 0.255 e. The van der Waals surface area contributed by atoms with Gasteiger partial charge >= 0.3 is 0 Å². The van der Waals surface area contributed by atoms with Gasteiger partial charge in [-0.3, -0.25) is 9.78 Å². The van der Waals surface area contributed by atoms with Gasteiger partial charge in [-0.05, 0) is 28.9 Å². The van der Waals surface area contributed by atoms with Gasteiger partial charge in [0.2, 0.25) is 5.88 Å². The van der Waals surface area contributed by atoms with E-state index in [9.17, 15) is 4.79 Å². The fourth-order valence-electron chi connectivity index (χ4n) is 2.39. The van der Waals surface area contributed by atoms with E-state index < -0.39 is 0 Å². The summed E-state index contributed by atoms with van der Waals surface area (Å²) in [6.45, 7) is 3.03. The van der Waals surface area contributed by atoms with Crippen LogP contribution in [0.25, 0.3) is 0 Å². The Morgan fingerprint density at radius 3 is 3.09 bits per heavy atom. The van der Waals surface area contributed by atoms with Crippen LogP contribution >= 0.6 is 15.9 Å². The second kappa shape index (κ2) is 6.39. The first-order valence-electron chi connectivity index (χ1n) is 6.98. The number of rotatable bonds is 3. The number of carbonyl (C=O) groups excluding carboxylic acids is 1. The molecule has 2 aromatic rings. The zero-order valence-electron chi connectivity index (χ0n) is 12.1. The Morgan fingerprint density at radius 2 is 2.32 bits per heavy atom. The molecule has 114 valence electrons. The van der Waals surface area contributed by atoms with E-state index in [1.165, 1.54) is 0 Å². The summed E-state index contributed by atoms with van der Waals surface area (Å²) in [4.78, 5) is 26.5. The molecule has 22 heavy (non-hydrogen) atoms. The molecule has 1 amide bonds. The van der Waals surface area contributed by atoms with Gasteiger partial charge in [-0.25, -0.2) is 4.98 Å². The average molecular weight is 363 g/mol. The maximum absolute atomic E-state index is 12.4. The van der Waals surface area contributed by atoms with Crippen molar-refractivity contribution in [1.82, 2.24) is 19.9 Å². The van der Waals surface area contributed by atoms with Crippen molar-refractivity contribution in [3.63, 3.8) is 0 Å². The van der Waals surface area contributed by atoms with Gasteiger partial charge < -0.3 is 9.64 Å².